The first kappa shape index (κ1) is 20.0. The minimum absolute atomic E-state index is 0.386. The summed E-state index contributed by atoms with van der Waals surface area (Å²) in [5.41, 5.74) is 2.37. The van der Waals surface area contributed by atoms with Gasteiger partial charge in [0.15, 0.2) is 0 Å². The predicted molar refractivity (Wildman–Crippen MR) is 121 cm³/mol. The molecule has 30 heavy (non-hydrogen) atoms. The number of methoxy groups -OCH3 is 1. The monoisotopic (exact) mass is 450 g/mol. The second-order valence-electron chi connectivity index (χ2n) is 6.07. The first-order chi connectivity index (χ1) is 14.6. The van der Waals surface area contributed by atoms with E-state index in [1.54, 1.807) is 24.5 Å². The van der Waals surface area contributed by atoms with Crippen LogP contribution in [0.25, 0.3) is 10.2 Å². The number of halogens is 2. The zero-order chi connectivity index (χ0) is 21.1. The lowest BCUT2D eigenvalue weighted by Crippen LogP contribution is -1.97. The van der Waals surface area contributed by atoms with E-state index in [-0.39, 0.29) is 0 Å². The van der Waals surface area contributed by atoms with Gasteiger partial charge in [-0.25, -0.2) is 4.98 Å². The molecule has 4 aromatic rings. The number of hydrogen-bond donors (Lipinski definition) is 1. The number of rotatable bonds is 3. The smallest absolute Gasteiger partial charge is 0.139 e. The molecule has 0 fully saturated rings. The van der Waals surface area contributed by atoms with E-state index < -0.39 is 0 Å². The Labute approximate surface area is 186 Å². The standard InChI is InChI=1S/C22H12Cl2N4OS/c1-29-20-9-19(17(23)8-18(20)24)28-21-14(10-25)12-27-22-16(21)7-15(30-22)5-4-13-3-2-6-26-11-13/h2-3,6-9,11-12H,1H3,(H,27,28). The summed E-state index contributed by atoms with van der Waals surface area (Å²) < 4.78 is 5.27. The topological polar surface area (TPSA) is 70.8 Å². The van der Waals surface area contributed by atoms with Gasteiger partial charge in [0.05, 0.1) is 39.0 Å². The summed E-state index contributed by atoms with van der Waals surface area (Å²) in [5, 5.41) is 14.4. The van der Waals surface area contributed by atoms with E-state index >= 15 is 0 Å². The number of nitrogens with one attached hydrogen (secondary N) is 1. The summed E-state index contributed by atoms with van der Waals surface area (Å²) in [6, 6.07) is 11.1. The summed E-state index contributed by atoms with van der Waals surface area (Å²) in [6.45, 7) is 0. The highest BCUT2D eigenvalue weighted by Crippen LogP contribution is 2.39. The van der Waals surface area contributed by atoms with Gasteiger partial charge in [-0.15, -0.1) is 11.3 Å². The van der Waals surface area contributed by atoms with Gasteiger partial charge in [0.1, 0.15) is 16.6 Å². The third-order valence-corrected chi connectivity index (χ3v) is 5.74. The van der Waals surface area contributed by atoms with Crippen molar-refractivity contribution in [2.45, 2.75) is 0 Å². The Kier molecular flexibility index (Phi) is 5.74. The number of hydrogen-bond acceptors (Lipinski definition) is 6. The van der Waals surface area contributed by atoms with Gasteiger partial charge >= 0.3 is 0 Å². The average Bonchev–Trinajstić information content (AvgIpc) is 3.18. The Hall–Kier alpha value is -3.29. The second-order valence-corrected chi connectivity index (χ2v) is 7.92. The molecular formula is C22H12Cl2N4OS. The normalized spacial score (nSPS) is 10.2. The van der Waals surface area contributed by atoms with Crippen LogP contribution in [0.4, 0.5) is 11.4 Å². The maximum Gasteiger partial charge on any atom is 0.139 e. The van der Waals surface area contributed by atoms with E-state index in [0.717, 1.165) is 20.7 Å². The zero-order valence-corrected chi connectivity index (χ0v) is 17.9. The third kappa shape index (κ3) is 4.03. The molecule has 5 nitrogen and oxygen atoms in total. The van der Waals surface area contributed by atoms with E-state index in [1.807, 2.05) is 18.2 Å². The van der Waals surface area contributed by atoms with Crippen LogP contribution in [0.5, 0.6) is 5.75 Å². The highest BCUT2D eigenvalue weighted by atomic mass is 35.5. The maximum atomic E-state index is 9.59. The van der Waals surface area contributed by atoms with Crippen LogP contribution in [0.3, 0.4) is 0 Å². The molecule has 0 atom stereocenters. The molecule has 0 unspecified atom stereocenters. The lowest BCUT2D eigenvalue weighted by molar-refractivity contribution is 0.415. The zero-order valence-electron chi connectivity index (χ0n) is 15.5. The number of fused-ring (bicyclic) bond motifs is 1. The van der Waals surface area contributed by atoms with Crippen LogP contribution in [0.2, 0.25) is 10.0 Å². The number of nitrogens with zero attached hydrogens (tertiary/aromatic N) is 3. The number of thiophene rings is 1. The van der Waals surface area contributed by atoms with Gasteiger partial charge in [-0.05, 0) is 24.3 Å². The van der Waals surface area contributed by atoms with Gasteiger partial charge in [-0.1, -0.05) is 35.0 Å². The Morgan fingerprint density at radius 3 is 2.73 bits per heavy atom. The van der Waals surface area contributed by atoms with Gasteiger partial charge in [-0.3, -0.25) is 4.98 Å². The number of anilines is 2. The Bertz CT molecular complexity index is 1350. The molecule has 0 bridgehead atoms. The lowest BCUT2D eigenvalue weighted by Gasteiger charge is -2.13. The molecule has 0 saturated carbocycles. The molecule has 8 heteroatoms. The Morgan fingerprint density at radius 2 is 2.00 bits per heavy atom. The van der Waals surface area contributed by atoms with Crippen LogP contribution in [0, 0.1) is 23.2 Å². The van der Waals surface area contributed by atoms with Crippen molar-refractivity contribution in [3.63, 3.8) is 0 Å². The van der Waals surface area contributed by atoms with Crippen molar-refractivity contribution in [2.75, 3.05) is 12.4 Å². The molecular weight excluding hydrogens is 439 g/mol. The summed E-state index contributed by atoms with van der Waals surface area (Å²) in [5.74, 6) is 6.69. The molecule has 0 aliphatic rings. The molecule has 4 rings (SSSR count). The fourth-order valence-electron chi connectivity index (χ4n) is 2.76. The number of nitriles is 1. The number of pyridine rings is 2. The van der Waals surface area contributed by atoms with Gasteiger partial charge in [0.2, 0.25) is 0 Å². The molecule has 0 aliphatic carbocycles. The fourth-order valence-corrected chi connectivity index (χ4v) is 4.13. The van der Waals surface area contributed by atoms with Crippen molar-refractivity contribution >= 4 is 56.1 Å². The van der Waals surface area contributed by atoms with Gasteiger partial charge in [0, 0.05) is 35.6 Å². The highest BCUT2D eigenvalue weighted by molar-refractivity contribution is 7.19. The van der Waals surface area contributed by atoms with Crippen molar-refractivity contribution < 1.29 is 4.74 Å². The molecule has 3 aromatic heterocycles. The summed E-state index contributed by atoms with van der Waals surface area (Å²) in [4.78, 5) is 10.0. The first-order valence-electron chi connectivity index (χ1n) is 8.64. The largest absolute Gasteiger partial charge is 0.495 e. The van der Waals surface area contributed by atoms with Crippen LogP contribution in [-0.2, 0) is 0 Å². The van der Waals surface area contributed by atoms with Gasteiger partial charge < -0.3 is 10.1 Å². The quantitative estimate of drug-likeness (QED) is 0.386. The molecule has 3 heterocycles. The number of ether oxygens (including phenoxy) is 1. The van der Waals surface area contributed by atoms with E-state index in [2.05, 4.69) is 33.2 Å². The van der Waals surface area contributed by atoms with Crippen LogP contribution < -0.4 is 10.1 Å². The molecule has 0 saturated heterocycles. The van der Waals surface area contributed by atoms with Crippen molar-refractivity contribution in [3.8, 4) is 23.7 Å². The molecule has 0 aliphatic heterocycles. The fraction of sp³-hybridized carbons (Fsp3) is 0.0455. The minimum atomic E-state index is 0.386. The maximum absolute atomic E-state index is 9.59. The molecule has 1 aromatic carbocycles. The van der Waals surface area contributed by atoms with Crippen molar-refractivity contribution in [2.24, 2.45) is 0 Å². The van der Waals surface area contributed by atoms with Crippen LogP contribution in [0.15, 0.2) is 48.9 Å². The van der Waals surface area contributed by atoms with E-state index in [4.69, 9.17) is 27.9 Å². The average molecular weight is 451 g/mol. The molecule has 1 N–H and O–H groups in total. The summed E-state index contributed by atoms with van der Waals surface area (Å²) >= 11 is 13.9. The highest BCUT2D eigenvalue weighted by Gasteiger charge is 2.15. The van der Waals surface area contributed by atoms with Crippen molar-refractivity contribution in [3.05, 3.63) is 75.0 Å². The molecule has 146 valence electrons. The predicted octanol–water partition coefficient (Wildman–Crippen LogP) is 6.02. The number of benzene rings is 1. The Morgan fingerprint density at radius 1 is 1.13 bits per heavy atom. The lowest BCUT2D eigenvalue weighted by atomic mass is 10.1. The first-order valence-corrected chi connectivity index (χ1v) is 10.2. The second kappa shape index (κ2) is 8.61. The van der Waals surface area contributed by atoms with E-state index in [9.17, 15) is 5.26 Å². The van der Waals surface area contributed by atoms with E-state index in [0.29, 0.717) is 32.7 Å². The van der Waals surface area contributed by atoms with Gasteiger partial charge in [0.25, 0.3) is 0 Å². The van der Waals surface area contributed by atoms with E-state index in [1.165, 1.54) is 24.6 Å². The third-order valence-electron chi connectivity index (χ3n) is 4.18. The van der Waals surface area contributed by atoms with Gasteiger partial charge in [-0.2, -0.15) is 5.26 Å². The molecule has 0 amide bonds. The molecule has 0 spiro atoms. The van der Waals surface area contributed by atoms with Crippen LogP contribution in [-0.4, -0.2) is 17.1 Å². The van der Waals surface area contributed by atoms with Crippen LogP contribution in [0.1, 0.15) is 16.0 Å². The minimum Gasteiger partial charge on any atom is -0.495 e. The summed E-state index contributed by atoms with van der Waals surface area (Å²) in [7, 11) is 1.52. The number of aromatic nitrogens is 2. The SMILES string of the molecule is COc1cc(Nc2c(C#N)cnc3sc(C#Cc4cccnc4)cc23)c(Cl)cc1Cl. The van der Waals surface area contributed by atoms with Crippen molar-refractivity contribution in [1.82, 2.24) is 9.97 Å². The van der Waals surface area contributed by atoms with Crippen LogP contribution >= 0.6 is 34.5 Å². The molecule has 0 radical (unpaired) electrons. The van der Waals surface area contributed by atoms with Crippen molar-refractivity contribution in [1.29, 1.82) is 5.26 Å². The summed E-state index contributed by atoms with van der Waals surface area (Å²) in [6.07, 6.45) is 4.93. The Balaban J connectivity index is 1.79.